The lowest BCUT2D eigenvalue weighted by Crippen LogP contribution is -2.32. The molecule has 170 valence electrons. The zero-order chi connectivity index (χ0) is 23.4. The van der Waals surface area contributed by atoms with Crippen molar-refractivity contribution in [3.8, 4) is 17.6 Å². The van der Waals surface area contributed by atoms with Gasteiger partial charge in [0.05, 0.1) is 35.0 Å². The Labute approximate surface area is 195 Å². The molecule has 2 aliphatic rings. The largest absolute Gasteiger partial charge is 0.491 e. The van der Waals surface area contributed by atoms with E-state index in [1.165, 1.54) is 0 Å². The van der Waals surface area contributed by atoms with E-state index in [-0.39, 0.29) is 11.9 Å². The zero-order valence-corrected chi connectivity index (χ0v) is 18.6. The number of alkyl halides is 1. The molecule has 34 heavy (non-hydrogen) atoms. The van der Waals surface area contributed by atoms with Gasteiger partial charge in [0, 0.05) is 23.7 Å². The number of imidazole rings is 1. The van der Waals surface area contributed by atoms with Crippen LogP contribution in [-0.2, 0) is 0 Å². The molecule has 0 radical (unpaired) electrons. The Kier molecular flexibility index (Phi) is 4.49. The standard InChI is InChI=1S/C26H22FN5O2/c1-31(22-13-34-23-10-16(2-4-18(22)23)6-7-26(14-27)8-9-26)25(33)17-3-5-19-20(11-17)32-15-29-12-21(32)24(28)30-19/h2-5,10-12,15,22H,8-9,13-14H2,1H3,(H2,28,30)/t22-/m1/s1. The number of amides is 1. The average Bonchev–Trinajstić information content (AvgIpc) is 3.26. The summed E-state index contributed by atoms with van der Waals surface area (Å²) in [5.74, 6) is 7.12. The van der Waals surface area contributed by atoms with Gasteiger partial charge in [0.2, 0.25) is 0 Å². The smallest absolute Gasteiger partial charge is 0.254 e. The Balaban J connectivity index is 1.28. The van der Waals surface area contributed by atoms with Crippen LogP contribution in [0, 0.1) is 17.3 Å². The number of aromatic nitrogens is 3. The molecule has 0 bridgehead atoms. The number of fused-ring (bicyclic) bond motifs is 4. The van der Waals surface area contributed by atoms with Crippen LogP contribution >= 0.6 is 0 Å². The number of halogens is 1. The van der Waals surface area contributed by atoms with Crippen molar-refractivity contribution in [3.05, 3.63) is 65.6 Å². The lowest BCUT2D eigenvalue weighted by atomic mass is 10.0. The summed E-state index contributed by atoms with van der Waals surface area (Å²) in [6.07, 6.45) is 4.94. The number of hydrogen-bond donors (Lipinski definition) is 1. The third-order valence-electron chi connectivity index (χ3n) is 6.76. The van der Waals surface area contributed by atoms with Gasteiger partial charge in [0.15, 0.2) is 0 Å². The van der Waals surface area contributed by atoms with Crippen molar-refractivity contribution < 1.29 is 13.9 Å². The first-order valence-corrected chi connectivity index (χ1v) is 11.1. The van der Waals surface area contributed by atoms with E-state index >= 15 is 0 Å². The highest BCUT2D eigenvalue weighted by molar-refractivity contribution is 5.98. The van der Waals surface area contributed by atoms with Crippen LogP contribution in [0.25, 0.3) is 16.6 Å². The lowest BCUT2D eigenvalue weighted by Gasteiger charge is -2.24. The van der Waals surface area contributed by atoms with Gasteiger partial charge in [-0.15, -0.1) is 0 Å². The Bertz CT molecular complexity index is 1530. The summed E-state index contributed by atoms with van der Waals surface area (Å²) in [5.41, 5.74) is 9.97. The van der Waals surface area contributed by atoms with Crippen LogP contribution in [0.2, 0.25) is 0 Å². The fourth-order valence-electron chi connectivity index (χ4n) is 4.39. The first kappa shape index (κ1) is 20.5. The van der Waals surface area contributed by atoms with Crippen molar-refractivity contribution in [3.63, 3.8) is 0 Å². The fraction of sp³-hybridized carbons (Fsp3) is 0.269. The topological polar surface area (TPSA) is 85.8 Å². The minimum absolute atomic E-state index is 0.129. The maximum absolute atomic E-state index is 13.4. The molecular weight excluding hydrogens is 433 g/mol. The van der Waals surface area contributed by atoms with Gasteiger partial charge in [0.25, 0.3) is 5.91 Å². The van der Waals surface area contributed by atoms with Crippen LogP contribution in [0.1, 0.15) is 40.4 Å². The summed E-state index contributed by atoms with van der Waals surface area (Å²) in [6, 6.07) is 10.9. The van der Waals surface area contributed by atoms with E-state index in [4.69, 9.17) is 10.5 Å². The van der Waals surface area contributed by atoms with Crippen molar-refractivity contribution in [1.82, 2.24) is 19.3 Å². The SMILES string of the molecule is CN(C(=O)c1ccc2nc(N)c3cncn3c2c1)[C@@H]1COc2cc(C#CC3(CF)CC3)ccc21. The highest BCUT2D eigenvalue weighted by atomic mass is 19.1. The minimum Gasteiger partial charge on any atom is -0.491 e. The monoisotopic (exact) mass is 455 g/mol. The Morgan fingerprint density at radius 3 is 2.94 bits per heavy atom. The van der Waals surface area contributed by atoms with Gasteiger partial charge in [-0.05, 0) is 43.2 Å². The molecule has 1 saturated carbocycles. The highest BCUT2D eigenvalue weighted by Crippen LogP contribution is 2.45. The van der Waals surface area contributed by atoms with Crippen LogP contribution in [0.3, 0.4) is 0 Å². The second kappa shape index (κ2) is 7.45. The van der Waals surface area contributed by atoms with Gasteiger partial charge in [-0.3, -0.25) is 9.20 Å². The number of anilines is 1. The predicted octanol–water partition coefficient (Wildman–Crippen LogP) is 3.77. The Morgan fingerprint density at radius 1 is 1.29 bits per heavy atom. The molecule has 2 aromatic heterocycles. The van der Waals surface area contributed by atoms with E-state index in [1.807, 2.05) is 28.7 Å². The average molecular weight is 455 g/mol. The molecule has 0 spiro atoms. The molecular formula is C26H22FN5O2. The molecule has 1 aliphatic carbocycles. The van der Waals surface area contributed by atoms with Gasteiger partial charge in [-0.2, -0.15) is 0 Å². The number of carbonyl (C=O) groups excluding carboxylic acids is 1. The van der Waals surface area contributed by atoms with E-state index in [0.29, 0.717) is 34.8 Å². The second-order valence-electron chi connectivity index (χ2n) is 9.01. The molecule has 4 aromatic rings. The molecule has 2 N–H and O–H groups in total. The number of nitrogen functional groups attached to an aromatic ring is 1. The van der Waals surface area contributed by atoms with Gasteiger partial charge >= 0.3 is 0 Å². The molecule has 6 rings (SSSR count). The number of rotatable bonds is 3. The Hall–Kier alpha value is -4.12. The maximum Gasteiger partial charge on any atom is 0.254 e. The van der Waals surface area contributed by atoms with E-state index < -0.39 is 12.1 Å². The molecule has 0 unspecified atom stereocenters. The third-order valence-corrected chi connectivity index (χ3v) is 6.76. The number of ether oxygens (including phenoxy) is 1. The highest BCUT2D eigenvalue weighted by Gasteiger charge is 2.41. The molecule has 2 aromatic carbocycles. The number of likely N-dealkylation sites (N-methyl/N-ethyl adjacent to an activating group) is 1. The van der Waals surface area contributed by atoms with Crippen molar-refractivity contribution in [2.45, 2.75) is 18.9 Å². The molecule has 0 saturated heterocycles. The van der Waals surface area contributed by atoms with Crippen LogP contribution in [0.5, 0.6) is 5.75 Å². The molecule has 3 heterocycles. The molecule has 8 heteroatoms. The number of carbonyl (C=O) groups is 1. The molecule has 1 amide bonds. The Morgan fingerprint density at radius 2 is 2.15 bits per heavy atom. The number of nitrogens with two attached hydrogens (primary N) is 1. The maximum atomic E-state index is 13.4. The number of nitrogens with zero attached hydrogens (tertiary/aromatic N) is 4. The molecule has 1 aliphatic heterocycles. The van der Waals surface area contributed by atoms with Gasteiger partial charge < -0.3 is 15.4 Å². The van der Waals surface area contributed by atoms with Crippen LogP contribution in [-0.4, -0.2) is 45.5 Å². The third kappa shape index (κ3) is 3.24. The number of hydrogen-bond acceptors (Lipinski definition) is 5. The fourth-order valence-corrected chi connectivity index (χ4v) is 4.39. The summed E-state index contributed by atoms with van der Waals surface area (Å²) in [5, 5.41) is 0. The van der Waals surface area contributed by atoms with Crippen LogP contribution in [0.15, 0.2) is 48.9 Å². The van der Waals surface area contributed by atoms with Gasteiger partial charge in [-0.25, -0.2) is 14.4 Å². The van der Waals surface area contributed by atoms with E-state index in [0.717, 1.165) is 29.5 Å². The van der Waals surface area contributed by atoms with Crippen molar-refractivity contribution in [2.75, 3.05) is 26.1 Å². The van der Waals surface area contributed by atoms with Crippen LogP contribution < -0.4 is 10.5 Å². The van der Waals surface area contributed by atoms with Crippen molar-refractivity contribution in [1.29, 1.82) is 0 Å². The number of benzene rings is 2. The molecule has 1 atom stereocenters. The first-order valence-electron chi connectivity index (χ1n) is 11.1. The van der Waals surface area contributed by atoms with E-state index in [9.17, 15) is 9.18 Å². The van der Waals surface area contributed by atoms with Crippen LogP contribution in [0.4, 0.5) is 10.2 Å². The summed E-state index contributed by atoms with van der Waals surface area (Å²) >= 11 is 0. The zero-order valence-electron chi connectivity index (χ0n) is 18.6. The van der Waals surface area contributed by atoms with E-state index in [1.54, 1.807) is 36.6 Å². The normalized spacial score (nSPS) is 17.6. The van der Waals surface area contributed by atoms with E-state index in [2.05, 4.69) is 21.8 Å². The van der Waals surface area contributed by atoms with Gasteiger partial charge in [0.1, 0.15) is 30.4 Å². The summed E-state index contributed by atoms with van der Waals surface area (Å²) < 4.78 is 20.8. The van der Waals surface area contributed by atoms with Crippen molar-refractivity contribution >= 4 is 28.3 Å². The summed E-state index contributed by atoms with van der Waals surface area (Å²) in [7, 11) is 1.77. The molecule has 7 nitrogen and oxygen atoms in total. The predicted molar refractivity (Wildman–Crippen MR) is 126 cm³/mol. The molecule has 1 fully saturated rings. The van der Waals surface area contributed by atoms with Crippen molar-refractivity contribution in [2.24, 2.45) is 5.41 Å². The summed E-state index contributed by atoms with van der Waals surface area (Å²) in [6.45, 7) is -0.0404. The summed E-state index contributed by atoms with van der Waals surface area (Å²) in [4.78, 5) is 23.7. The second-order valence-corrected chi connectivity index (χ2v) is 9.01. The minimum atomic E-state index is -0.446. The first-order chi connectivity index (χ1) is 16.5. The van der Waals surface area contributed by atoms with Gasteiger partial charge in [-0.1, -0.05) is 17.9 Å². The quantitative estimate of drug-likeness (QED) is 0.476. The lowest BCUT2D eigenvalue weighted by molar-refractivity contribution is 0.0708.